The van der Waals surface area contributed by atoms with Crippen LogP contribution < -0.4 is 4.74 Å². The third-order valence-corrected chi connectivity index (χ3v) is 5.56. The van der Waals surface area contributed by atoms with Gasteiger partial charge in [0.15, 0.2) is 11.6 Å². The predicted octanol–water partition coefficient (Wildman–Crippen LogP) is 5.71. The minimum atomic E-state index is -0.651. The van der Waals surface area contributed by atoms with Crippen LogP contribution in [-0.2, 0) is 13.1 Å². The number of carbonyl (C=O) groups is 1. The Labute approximate surface area is 190 Å². The van der Waals surface area contributed by atoms with Gasteiger partial charge in [0.1, 0.15) is 11.8 Å². The van der Waals surface area contributed by atoms with E-state index in [1.54, 1.807) is 23.2 Å². The first-order valence-electron chi connectivity index (χ1n) is 10.4. The number of nitrogens with zero attached hydrogens (tertiary/aromatic N) is 3. The summed E-state index contributed by atoms with van der Waals surface area (Å²) in [6.45, 7) is 0.855. The van der Waals surface area contributed by atoms with Crippen LogP contribution in [-0.4, -0.2) is 15.8 Å². The first-order chi connectivity index (χ1) is 16.1. The smallest absolute Gasteiger partial charge is 0.258 e. The monoisotopic (exact) mass is 435 g/mol. The second kappa shape index (κ2) is 8.56. The SMILES string of the molecule is N#Cc1cccc(F)c1Oc1cccc2c1C(=O)N(Cc1ccc(-c3ccccn3)cc1)C2. The quantitative estimate of drug-likeness (QED) is 0.403. The zero-order valence-electron chi connectivity index (χ0n) is 17.5. The normalized spacial score (nSPS) is 12.4. The molecule has 5 nitrogen and oxygen atoms in total. The van der Waals surface area contributed by atoms with Gasteiger partial charge in [0, 0.05) is 24.8 Å². The van der Waals surface area contributed by atoms with E-state index >= 15 is 0 Å². The van der Waals surface area contributed by atoms with Crippen molar-refractivity contribution in [2.45, 2.75) is 13.1 Å². The van der Waals surface area contributed by atoms with Crippen molar-refractivity contribution in [2.75, 3.05) is 0 Å². The number of nitriles is 1. The van der Waals surface area contributed by atoms with Gasteiger partial charge in [-0.25, -0.2) is 4.39 Å². The van der Waals surface area contributed by atoms with Crippen LogP contribution in [0.3, 0.4) is 0 Å². The van der Waals surface area contributed by atoms with Crippen molar-refractivity contribution in [2.24, 2.45) is 0 Å². The number of rotatable bonds is 5. The molecular weight excluding hydrogens is 417 g/mol. The molecule has 0 fully saturated rings. The van der Waals surface area contributed by atoms with E-state index in [2.05, 4.69) is 4.98 Å². The fourth-order valence-electron chi connectivity index (χ4n) is 3.94. The summed E-state index contributed by atoms with van der Waals surface area (Å²) in [5.41, 5.74) is 4.15. The van der Waals surface area contributed by atoms with Crippen molar-refractivity contribution in [3.63, 3.8) is 0 Å². The summed E-state index contributed by atoms with van der Waals surface area (Å²) in [5.74, 6) is -0.775. The molecule has 0 spiro atoms. The fraction of sp³-hybridized carbons (Fsp3) is 0.0741. The number of carbonyl (C=O) groups excluding carboxylic acids is 1. The maximum Gasteiger partial charge on any atom is 0.258 e. The number of halogens is 1. The average Bonchev–Trinajstić information content (AvgIpc) is 3.17. The van der Waals surface area contributed by atoms with Crippen molar-refractivity contribution in [1.82, 2.24) is 9.88 Å². The molecule has 4 aromatic rings. The predicted molar refractivity (Wildman–Crippen MR) is 121 cm³/mol. The summed E-state index contributed by atoms with van der Waals surface area (Å²) < 4.78 is 20.1. The van der Waals surface area contributed by atoms with Gasteiger partial charge in [-0.1, -0.05) is 48.5 Å². The van der Waals surface area contributed by atoms with E-state index in [9.17, 15) is 14.4 Å². The van der Waals surface area contributed by atoms with E-state index in [1.807, 2.05) is 54.6 Å². The van der Waals surface area contributed by atoms with Crippen LogP contribution in [0, 0.1) is 17.1 Å². The van der Waals surface area contributed by atoms with E-state index in [-0.39, 0.29) is 23.0 Å². The van der Waals surface area contributed by atoms with Gasteiger partial charge in [-0.3, -0.25) is 9.78 Å². The minimum absolute atomic E-state index is 0.0721. The summed E-state index contributed by atoms with van der Waals surface area (Å²) in [5, 5.41) is 9.29. The number of ether oxygens (including phenoxy) is 1. The number of pyridine rings is 1. The molecule has 6 heteroatoms. The highest BCUT2D eigenvalue weighted by Gasteiger charge is 2.31. The summed E-state index contributed by atoms with van der Waals surface area (Å²) in [7, 11) is 0. The maximum atomic E-state index is 14.3. The molecule has 0 atom stereocenters. The molecule has 1 aliphatic heterocycles. The molecule has 33 heavy (non-hydrogen) atoms. The standard InChI is InChI=1S/C27H18FN3O2/c28-22-7-3-5-20(15-29)26(22)33-24-9-4-6-21-17-31(27(32)25(21)24)16-18-10-12-19(13-11-18)23-8-1-2-14-30-23/h1-14H,16-17H2. The summed E-state index contributed by atoms with van der Waals surface area (Å²) in [6.07, 6.45) is 1.75. The Hall–Kier alpha value is -4.50. The van der Waals surface area contributed by atoms with Crippen molar-refractivity contribution >= 4 is 5.91 Å². The van der Waals surface area contributed by atoms with Gasteiger partial charge in [-0.15, -0.1) is 0 Å². The lowest BCUT2D eigenvalue weighted by Crippen LogP contribution is -2.23. The number of hydrogen-bond donors (Lipinski definition) is 0. The Morgan fingerprint density at radius 2 is 1.82 bits per heavy atom. The van der Waals surface area contributed by atoms with Crippen molar-refractivity contribution < 1.29 is 13.9 Å². The van der Waals surface area contributed by atoms with Crippen molar-refractivity contribution in [1.29, 1.82) is 5.26 Å². The Morgan fingerprint density at radius 1 is 1.00 bits per heavy atom. The molecule has 2 heterocycles. The van der Waals surface area contributed by atoms with E-state index in [0.29, 0.717) is 18.7 Å². The zero-order valence-corrected chi connectivity index (χ0v) is 17.5. The van der Waals surface area contributed by atoms with Gasteiger partial charge in [0.2, 0.25) is 0 Å². The lowest BCUT2D eigenvalue weighted by atomic mass is 10.1. The van der Waals surface area contributed by atoms with Crippen LogP contribution in [0.5, 0.6) is 11.5 Å². The fourth-order valence-corrected chi connectivity index (χ4v) is 3.94. The second-order valence-electron chi connectivity index (χ2n) is 7.69. The van der Waals surface area contributed by atoms with E-state index < -0.39 is 5.82 Å². The van der Waals surface area contributed by atoms with E-state index in [4.69, 9.17) is 4.74 Å². The molecule has 1 aromatic heterocycles. The van der Waals surface area contributed by atoms with Gasteiger partial charge < -0.3 is 9.64 Å². The molecule has 0 N–H and O–H groups in total. The summed E-state index contributed by atoms with van der Waals surface area (Å²) >= 11 is 0. The minimum Gasteiger partial charge on any atom is -0.452 e. The molecule has 1 aliphatic rings. The van der Waals surface area contributed by atoms with Gasteiger partial charge in [-0.05, 0) is 41.5 Å². The van der Waals surface area contributed by atoms with Crippen LogP contribution in [0.15, 0.2) is 85.1 Å². The molecular formula is C27H18FN3O2. The first kappa shape index (κ1) is 20.4. The average molecular weight is 435 g/mol. The molecule has 0 radical (unpaired) electrons. The molecule has 0 saturated heterocycles. The van der Waals surface area contributed by atoms with Gasteiger partial charge >= 0.3 is 0 Å². The number of aromatic nitrogens is 1. The van der Waals surface area contributed by atoms with Crippen molar-refractivity contribution in [3.05, 3.63) is 113 Å². The number of benzene rings is 3. The van der Waals surface area contributed by atoms with Crippen LogP contribution in [0.25, 0.3) is 11.3 Å². The van der Waals surface area contributed by atoms with Gasteiger partial charge in [0.25, 0.3) is 5.91 Å². The Balaban J connectivity index is 1.38. The van der Waals surface area contributed by atoms with Gasteiger partial charge in [-0.2, -0.15) is 5.26 Å². The Bertz CT molecular complexity index is 1380. The van der Waals surface area contributed by atoms with Crippen molar-refractivity contribution in [3.8, 4) is 28.8 Å². The van der Waals surface area contributed by atoms with E-state index in [1.165, 1.54) is 18.2 Å². The molecule has 0 bridgehead atoms. The zero-order chi connectivity index (χ0) is 22.8. The molecule has 3 aromatic carbocycles. The van der Waals surface area contributed by atoms with E-state index in [0.717, 1.165) is 22.4 Å². The van der Waals surface area contributed by atoms with Gasteiger partial charge in [0.05, 0.1) is 16.8 Å². The lowest BCUT2D eigenvalue weighted by Gasteiger charge is -2.16. The van der Waals surface area contributed by atoms with Crippen LogP contribution in [0.1, 0.15) is 27.0 Å². The second-order valence-corrected chi connectivity index (χ2v) is 7.69. The highest BCUT2D eigenvalue weighted by Crippen LogP contribution is 2.36. The summed E-state index contributed by atoms with van der Waals surface area (Å²) in [4.78, 5) is 19.3. The molecule has 0 aliphatic carbocycles. The lowest BCUT2D eigenvalue weighted by molar-refractivity contribution is 0.0765. The third kappa shape index (κ3) is 3.92. The molecule has 5 rings (SSSR count). The largest absolute Gasteiger partial charge is 0.452 e. The molecule has 0 saturated carbocycles. The highest BCUT2D eigenvalue weighted by molar-refractivity contribution is 6.01. The molecule has 0 unspecified atom stereocenters. The number of para-hydroxylation sites is 1. The topological polar surface area (TPSA) is 66.2 Å². The van der Waals surface area contributed by atoms with Crippen LogP contribution >= 0.6 is 0 Å². The third-order valence-electron chi connectivity index (χ3n) is 5.56. The number of fused-ring (bicyclic) bond motifs is 1. The molecule has 160 valence electrons. The van der Waals surface area contributed by atoms with Crippen LogP contribution in [0.2, 0.25) is 0 Å². The Morgan fingerprint density at radius 3 is 2.58 bits per heavy atom. The summed E-state index contributed by atoms with van der Waals surface area (Å²) in [6, 6.07) is 25.0. The first-order valence-corrected chi connectivity index (χ1v) is 10.4. The highest BCUT2D eigenvalue weighted by atomic mass is 19.1. The Kier molecular flexibility index (Phi) is 5.29. The van der Waals surface area contributed by atoms with Crippen LogP contribution in [0.4, 0.5) is 4.39 Å². The number of amides is 1. The molecule has 1 amide bonds. The number of hydrogen-bond acceptors (Lipinski definition) is 4. The maximum absolute atomic E-state index is 14.3.